The molecule has 0 N–H and O–H groups in total. The van der Waals surface area contributed by atoms with Gasteiger partial charge in [-0.05, 0) is 0 Å². The van der Waals surface area contributed by atoms with E-state index >= 15 is 0 Å². The fourth-order valence-electron chi connectivity index (χ4n) is 0.835. The zero-order valence-corrected chi connectivity index (χ0v) is 5.44. The molecule has 0 aromatic carbocycles. The Hall–Kier alpha value is -1.45. The summed E-state index contributed by atoms with van der Waals surface area (Å²) in [7, 11) is 1.89. The van der Waals surface area contributed by atoms with Crippen molar-refractivity contribution in [1.29, 1.82) is 0 Å². The van der Waals surface area contributed by atoms with Crippen molar-refractivity contribution >= 4 is 11.2 Å². The SMILES string of the molecule is Cn1cnc2cn[c]nc21. The van der Waals surface area contributed by atoms with E-state index in [1.165, 1.54) is 0 Å². The topological polar surface area (TPSA) is 43.6 Å². The molecule has 0 spiro atoms. The van der Waals surface area contributed by atoms with Gasteiger partial charge in [0.05, 0.1) is 12.5 Å². The number of aromatic nitrogens is 4. The first-order valence-electron chi connectivity index (χ1n) is 2.88. The maximum Gasteiger partial charge on any atom is 0.199 e. The van der Waals surface area contributed by atoms with Gasteiger partial charge in [-0.2, -0.15) is 0 Å². The van der Waals surface area contributed by atoms with Crippen molar-refractivity contribution in [2.45, 2.75) is 0 Å². The second-order valence-electron chi connectivity index (χ2n) is 2.03. The summed E-state index contributed by atoms with van der Waals surface area (Å²) >= 11 is 0. The zero-order valence-electron chi connectivity index (χ0n) is 5.44. The Balaban J connectivity index is 2.93. The van der Waals surface area contributed by atoms with Crippen LogP contribution in [0, 0.1) is 6.33 Å². The van der Waals surface area contributed by atoms with Crippen LogP contribution in [0.25, 0.3) is 11.2 Å². The van der Waals surface area contributed by atoms with E-state index in [4.69, 9.17) is 0 Å². The summed E-state index contributed by atoms with van der Waals surface area (Å²) in [5.41, 5.74) is 1.62. The van der Waals surface area contributed by atoms with Crippen LogP contribution in [-0.4, -0.2) is 19.5 Å². The van der Waals surface area contributed by atoms with Gasteiger partial charge in [-0.3, -0.25) is 0 Å². The fraction of sp³-hybridized carbons (Fsp3) is 0.167. The summed E-state index contributed by atoms with van der Waals surface area (Å²) in [5, 5.41) is 0. The molecule has 2 aromatic heterocycles. The molecule has 10 heavy (non-hydrogen) atoms. The maximum absolute atomic E-state index is 4.04. The van der Waals surface area contributed by atoms with Crippen molar-refractivity contribution in [3.63, 3.8) is 0 Å². The highest BCUT2D eigenvalue weighted by Gasteiger charge is 1.97. The van der Waals surface area contributed by atoms with E-state index in [9.17, 15) is 0 Å². The van der Waals surface area contributed by atoms with E-state index in [1.807, 2.05) is 11.6 Å². The van der Waals surface area contributed by atoms with Gasteiger partial charge in [0.25, 0.3) is 0 Å². The number of nitrogens with zero attached hydrogens (tertiary/aromatic N) is 4. The molecule has 2 heterocycles. The summed E-state index contributed by atoms with van der Waals surface area (Å²) in [6.07, 6.45) is 5.84. The van der Waals surface area contributed by atoms with Crippen LogP contribution in [0.5, 0.6) is 0 Å². The predicted octanol–water partition coefficient (Wildman–Crippen LogP) is 0.163. The van der Waals surface area contributed by atoms with Crippen molar-refractivity contribution in [3.05, 3.63) is 18.9 Å². The third-order valence-electron chi connectivity index (χ3n) is 1.33. The number of hydrogen-bond donors (Lipinski definition) is 0. The van der Waals surface area contributed by atoms with Crippen molar-refractivity contribution in [2.75, 3.05) is 0 Å². The van der Waals surface area contributed by atoms with Gasteiger partial charge < -0.3 is 4.57 Å². The Morgan fingerprint density at radius 2 is 2.50 bits per heavy atom. The van der Waals surface area contributed by atoms with Gasteiger partial charge in [0.15, 0.2) is 12.0 Å². The lowest BCUT2D eigenvalue weighted by Gasteiger charge is -1.87. The van der Waals surface area contributed by atoms with Crippen LogP contribution in [0.3, 0.4) is 0 Å². The van der Waals surface area contributed by atoms with Crippen LogP contribution >= 0.6 is 0 Å². The molecule has 0 saturated carbocycles. The molecule has 0 saturated heterocycles. The Morgan fingerprint density at radius 3 is 3.30 bits per heavy atom. The third-order valence-corrected chi connectivity index (χ3v) is 1.33. The fourth-order valence-corrected chi connectivity index (χ4v) is 0.835. The molecule has 0 aliphatic carbocycles. The summed E-state index contributed by atoms with van der Waals surface area (Å²) in [5.74, 6) is 0. The van der Waals surface area contributed by atoms with E-state index in [2.05, 4.69) is 21.3 Å². The van der Waals surface area contributed by atoms with Crippen LogP contribution in [0.15, 0.2) is 12.5 Å². The van der Waals surface area contributed by atoms with E-state index in [-0.39, 0.29) is 0 Å². The lowest BCUT2D eigenvalue weighted by Crippen LogP contribution is -1.87. The summed E-state index contributed by atoms with van der Waals surface area (Å²) in [4.78, 5) is 11.7. The maximum atomic E-state index is 4.04. The minimum absolute atomic E-state index is 0.807. The first-order chi connectivity index (χ1) is 4.88. The Morgan fingerprint density at radius 1 is 1.60 bits per heavy atom. The number of hydrogen-bond acceptors (Lipinski definition) is 3. The van der Waals surface area contributed by atoms with Gasteiger partial charge in [0.2, 0.25) is 0 Å². The molecule has 0 atom stereocenters. The van der Waals surface area contributed by atoms with Crippen LogP contribution in [-0.2, 0) is 7.05 Å². The molecule has 2 aromatic rings. The highest BCUT2D eigenvalue weighted by Crippen LogP contribution is 2.03. The zero-order chi connectivity index (χ0) is 6.97. The Kier molecular flexibility index (Phi) is 0.943. The smallest absolute Gasteiger partial charge is 0.199 e. The van der Waals surface area contributed by atoms with Crippen molar-refractivity contribution in [1.82, 2.24) is 19.5 Å². The molecule has 4 heteroatoms. The van der Waals surface area contributed by atoms with Gasteiger partial charge in [0.1, 0.15) is 5.52 Å². The van der Waals surface area contributed by atoms with Gasteiger partial charge in [-0.25, -0.2) is 15.0 Å². The molecule has 4 nitrogen and oxygen atoms in total. The number of imidazole rings is 1. The van der Waals surface area contributed by atoms with Crippen LogP contribution in [0.1, 0.15) is 0 Å². The molecule has 0 fully saturated rings. The molecule has 0 aliphatic rings. The van der Waals surface area contributed by atoms with E-state index in [0.717, 1.165) is 11.2 Å². The second kappa shape index (κ2) is 1.76. The van der Waals surface area contributed by atoms with Gasteiger partial charge in [-0.1, -0.05) is 0 Å². The van der Waals surface area contributed by atoms with E-state index < -0.39 is 0 Å². The lowest BCUT2D eigenvalue weighted by atomic mass is 10.6. The molecule has 1 radical (unpaired) electrons. The average Bonchev–Trinajstić information content (AvgIpc) is 2.34. The van der Waals surface area contributed by atoms with Crippen LogP contribution in [0.4, 0.5) is 0 Å². The highest BCUT2D eigenvalue weighted by atomic mass is 15.1. The second-order valence-corrected chi connectivity index (χ2v) is 2.03. The van der Waals surface area contributed by atoms with E-state index in [0.29, 0.717) is 0 Å². The quantitative estimate of drug-likeness (QED) is 0.514. The van der Waals surface area contributed by atoms with Crippen molar-refractivity contribution in [3.8, 4) is 0 Å². The van der Waals surface area contributed by atoms with Crippen molar-refractivity contribution in [2.24, 2.45) is 7.05 Å². The van der Waals surface area contributed by atoms with Gasteiger partial charge in [0, 0.05) is 7.05 Å². The minimum Gasteiger partial charge on any atom is -0.318 e. The number of fused-ring (bicyclic) bond motifs is 1. The monoisotopic (exact) mass is 133 g/mol. The van der Waals surface area contributed by atoms with Crippen LogP contribution in [0.2, 0.25) is 0 Å². The molecule has 0 amide bonds. The standard InChI is InChI=1S/C6H5N4/c1-10-4-9-5-2-7-3-8-6(5)10/h2,4H,1H3. The number of rotatable bonds is 0. The molecule has 0 aliphatic heterocycles. The minimum atomic E-state index is 0.807. The van der Waals surface area contributed by atoms with Crippen LogP contribution < -0.4 is 0 Å². The largest absolute Gasteiger partial charge is 0.318 e. The average molecular weight is 133 g/mol. The summed E-state index contributed by atoms with van der Waals surface area (Å²) in [6.45, 7) is 0. The van der Waals surface area contributed by atoms with E-state index in [1.54, 1.807) is 12.5 Å². The summed E-state index contributed by atoms with van der Waals surface area (Å²) < 4.78 is 1.83. The predicted molar refractivity (Wildman–Crippen MR) is 35.1 cm³/mol. The third kappa shape index (κ3) is 0.586. The molecular weight excluding hydrogens is 128 g/mol. The lowest BCUT2D eigenvalue weighted by molar-refractivity contribution is 0.927. The van der Waals surface area contributed by atoms with Crippen molar-refractivity contribution < 1.29 is 0 Å². The summed E-state index contributed by atoms with van der Waals surface area (Å²) in [6, 6.07) is 0. The normalized spacial score (nSPS) is 10.5. The first-order valence-corrected chi connectivity index (χ1v) is 2.88. The Labute approximate surface area is 57.6 Å². The molecule has 0 unspecified atom stereocenters. The Bertz CT molecular complexity index is 351. The molecular formula is C6H5N4. The molecule has 49 valence electrons. The molecule has 2 rings (SSSR count). The molecule has 0 bridgehead atoms. The number of aryl methyl sites for hydroxylation is 1. The van der Waals surface area contributed by atoms with Gasteiger partial charge in [-0.15, -0.1) is 0 Å². The highest BCUT2D eigenvalue weighted by molar-refractivity contribution is 5.68. The van der Waals surface area contributed by atoms with Gasteiger partial charge >= 0.3 is 0 Å². The first kappa shape index (κ1) is 5.34.